The lowest BCUT2D eigenvalue weighted by molar-refractivity contribution is -0.137. The van der Waals surface area contributed by atoms with Gasteiger partial charge in [-0.1, -0.05) is 18.2 Å². The first-order chi connectivity index (χ1) is 17.2. The molecule has 4 N–H and O–H groups in total. The van der Waals surface area contributed by atoms with Gasteiger partial charge >= 0.3 is 12.2 Å². The number of urea groups is 1. The standard InChI is InChI=1S/C24H22F3N5O4/c25-24(26,27)16-2-1-3-17(12-16)32-18-8-10-31(22(35)29-9-11-33)21(34)19(18)20(30-23(32)36)15-6-4-14(13-28)5-7-15/h1-7,12,20,23,30,33,36H,8-11H2,(H,29,35). The molecule has 36 heavy (non-hydrogen) atoms. The van der Waals surface area contributed by atoms with Crippen LogP contribution in [0, 0.1) is 11.3 Å². The quantitative estimate of drug-likeness (QED) is 0.506. The zero-order chi connectivity index (χ0) is 26.0. The normalized spacial score (nSPS) is 20.2. The van der Waals surface area contributed by atoms with Crippen LogP contribution in [0.3, 0.4) is 0 Å². The number of aliphatic hydroxyl groups is 2. The summed E-state index contributed by atoms with van der Waals surface area (Å²) in [6.07, 6.45) is -6.04. The Balaban J connectivity index is 1.82. The molecule has 2 aromatic carbocycles. The van der Waals surface area contributed by atoms with Crippen LogP contribution < -0.4 is 15.5 Å². The highest BCUT2D eigenvalue weighted by molar-refractivity contribution is 6.06. The molecule has 12 heteroatoms. The molecular formula is C24H22F3N5O4. The van der Waals surface area contributed by atoms with E-state index >= 15 is 0 Å². The number of carbonyl (C=O) groups is 2. The highest BCUT2D eigenvalue weighted by atomic mass is 19.4. The Morgan fingerprint density at radius 1 is 1.22 bits per heavy atom. The number of imide groups is 1. The third kappa shape index (κ3) is 4.76. The van der Waals surface area contributed by atoms with Gasteiger partial charge in [-0.15, -0.1) is 0 Å². The zero-order valence-electron chi connectivity index (χ0n) is 18.8. The summed E-state index contributed by atoms with van der Waals surface area (Å²) in [5.74, 6) is -0.697. The van der Waals surface area contributed by atoms with Gasteiger partial charge < -0.3 is 20.4 Å². The topological polar surface area (TPSA) is 129 Å². The van der Waals surface area contributed by atoms with Gasteiger partial charge in [-0.25, -0.2) is 4.79 Å². The van der Waals surface area contributed by atoms with E-state index in [1.54, 1.807) is 12.1 Å². The number of nitrogens with zero attached hydrogens (tertiary/aromatic N) is 3. The van der Waals surface area contributed by atoms with Crippen molar-refractivity contribution in [3.63, 3.8) is 0 Å². The van der Waals surface area contributed by atoms with Crippen LogP contribution in [0.1, 0.15) is 29.2 Å². The van der Waals surface area contributed by atoms with Gasteiger partial charge in [-0.3, -0.25) is 15.0 Å². The van der Waals surface area contributed by atoms with Crippen molar-refractivity contribution in [1.29, 1.82) is 5.26 Å². The van der Waals surface area contributed by atoms with E-state index in [0.717, 1.165) is 17.0 Å². The molecule has 2 heterocycles. The van der Waals surface area contributed by atoms with Crippen molar-refractivity contribution in [3.8, 4) is 6.07 Å². The maximum absolute atomic E-state index is 13.5. The van der Waals surface area contributed by atoms with Crippen LogP contribution in [-0.2, 0) is 11.0 Å². The van der Waals surface area contributed by atoms with E-state index in [0.29, 0.717) is 11.1 Å². The number of carbonyl (C=O) groups excluding carboxylic acids is 2. The number of anilines is 1. The van der Waals surface area contributed by atoms with E-state index in [2.05, 4.69) is 10.6 Å². The molecule has 2 unspecified atom stereocenters. The van der Waals surface area contributed by atoms with E-state index in [9.17, 15) is 27.9 Å². The summed E-state index contributed by atoms with van der Waals surface area (Å²) >= 11 is 0. The molecule has 0 aliphatic carbocycles. The largest absolute Gasteiger partial charge is 0.416 e. The predicted octanol–water partition coefficient (Wildman–Crippen LogP) is 2.19. The number of rotatable bonds is 4. The summed E-state index contributed by atoms with van der Waals surface area (Å²) in [6, 6.07) is 11.0. The summed E-state index contributed by atoms with van der Waals surface area (Å²) in [7, 11) is 0. The fourth-order valence-corrected chi connectivity index (χ4v) is 4.31. The monoisotopic (exact) mass is 501 g/mol. The van der Waals surface area contributed by atoms with Gasteiger partial charge in [-0.2, -0.15) is 18.4 Å². The average molecular weight is 501 g/mol. The maximum atomic E-state index is 13.5. The number of aliphatic hydroxyl groups excluding tert-OH is 2. The second-order valence-electron chi connectivity index (χ2n) is 8.15. The maximum Gasteiger partial charge on any atom is 0.416 e. The zero-order valence-corrected chi connectivity index (χ0v) is 18.8. The molecule has 0 aromatic heterocycles. The van der Waals surface area contributed by atoms with E-state index in [4.69, 9.17) is 10.4 Å². The molecule has 4 rings (SSSR count). The first-order valence-electron chi connectivity index (χ1n) is 11.0. The Morgan fingerprint density at radius 3 is 2.58 bits per heavy atom. The molecule has 3 amide bonds. The van der Waals surface area contributed by atoms with Gasteiger partial charge in [0, 0.05) is 30.9 Å². The van der Waals surface area contributed by atoms with Crippen LogP contribution in [-0.4, -0.2) is 53.1 Å². The van der Waals surface area contributed by atoms with Gasteiger partial charge in [0.2, 0.25) is 0 Å². The summed E-state index contributed by atoms with van der Waals surface area (Å²) in [5.41, 5.74) is 0.321. The Bertz CT molecular complexity index is 1240. The number of hydrogen-bond acceptors (Lipinski definition) is 7. The number of halogens is 3. The smallest absolute Gasteiger partial charge is 0.395 e. The van der Waals surface area contributed by atoms with Gasteiger partial charge in [0.05, 0.1) is 35.4 Å². The lowest BCUT2D eigenvalue weighted by Crippen LogP contribution is -2.58. The fourth-order valence-electron chi connectivity index (χ4n) is 4.31. The molecule has 2 aliphatic rings. The summed E-state index contributed by atoms with van der Waals surface area (Å²) < 4.78 is 40.1. The Hall–Kier alpha value is -3.92. The minimum Gasteiger partial charge on any atom is -0.395 e. The summed E-state index contributed by atoms with van der Waals surface area (Å²) in [5, 5.41) is 34.3. The van der Waals surface area contributed by atoms with E-state index in [1.165, 1.54) is 29.2 Å². The number of nitriles is 1. The third-order valence-electron chi connectivity index (χ3n) is 5.96. The number of nitrogens with one attached hydrogen (secondary N) is 2. The van der Waals surface area contributed by atoms with Crippen LogP contribution in [0.5, 0.6) is 0 Å². The molecule has 0 saturated carbocycles. The molecule has 0 saturated heterocycles. The van der Waals surface area contributed by atoms with Crippen LogP contribution in [0.4, 0.5) is 23.7 Å². The number of amides is 3. The first-order valence-corrected chi connectivity index (χ1v) is 11.0. The number of alkyl halides is 3. The molecule has 2 aliphatic heterocycles. The first kappa shape index (κ1) is 25.2. The Labute approximate surface area is 204 Å². The summed E-state index contributed by atoms with van der Waals surface area (Å²) in [4.78, 5) is 28.3. The Morgan fingerprint density at radius 2 is 1.94 bits per heavy atom. The van der Waals surface area contributed by atoms with Crippen molar-refractivity contribution >= 4 is 17.6 Å². The van der Waals surface area contributed by atoms with Gasteiger partial charge in [0.25, 0.3) is 5.91 Å². The molecule has 0 spiro atoms. The molecule has 2 atom stereocenters. The number of hydrogen-bond donors (Lipinski definition) is 4. The minimum absolute atomic E-state index is 0.0154. The van der Waals surface area contributed by atoms with Crippen molar-refractivity contribution < 1.29 is 33.0 Å². The third-order valence-corrected chi connectivity index (χ3v) is 5.96. The second kappa shape index (κ2) is 9.98. The predicted molar refractivity (Wildman–Crippen MR) is 121 cm³/mol. The Kier molecular flexibility index (Phi) is 6.98. The van der Waals surface area contributed by atoms with Crippen LogP contribution in [0.15, 0.2) is 59.8 Å². The number of benzene rings is 2. The SMILES string of the molecule is N#Cc1ccc(C2NC(O)N(c3cccc(C(F)(F)F)c3)C3=C2C(=O)N(C(=O)NCCO)CC3)cc1. The fraction of sp³-hybridized carbons (Fsp3) is 0.292. The molecule has 9 nitrogen and oxygen atoms in total. The minimum atomic E-state index is -4.61. The van der Waals surface area contributed by atoms with E-state index in [-0.39, 0.29) is 43.1 Å². The van der Waals surface area contributed by atoms with Crippen molar-refractivity contribution in [2.45, 2.75) is 25.0 Å². The summed E-state index contributed by atoms with van der Waals surface area (Å²) in [6.45, 7) is -0.481. The lowest BCUT2D eigenvalue weighted by atomic mass is 9.89. The molecular weight excluding hydrogens is 479 g/mol. The van der Waals surface area contributed by atoms with Crippen LogP contribution in [0.25, 0.3) is 0 Å². The molecule has 0 radical (unpaired) electrons. The van der Waals surface area contributed by atoms with Gasteiger partial charge in [-0.05, 0) is 35.9 Å². The highest BCUT2D eigenvalue weighted by Gasteiger charge is 2.44. The van der Waals surface area contributed by atoms with Crippen molar-refractivity contribution in [3.05, 3.63) is 76.5 Å². The second-order valence-corrected chi connectivity index (χ2v) is 8.15. The van der Waals surface area contributed by atoms with Gasteiger partial charge in [0.15, 0.2) is 6.35 Å². The van der Waals surface area contributed by atoms with Crippen LogP contribution >= 0.6 is 0 Å². The van der Waals surface area contributed by atoms with Crippen LogP contribution in [0.2, 0.25) is 0 Å². The van der Waals surface area contributed by atoms with Crippen molar-refractivity contribution in [2.24, 2.45) is 0 Å². The van der Waals surface area contributed by atoms with E-state index < -0.39 is 36.1 Å². The van der Waals surface area contributed by atoms with Crippen molar-refractivity contribution in [2.75, 3.05) is 24.6 Å². The molecule has 0 fully saturated rings. The highest BCUT2D eigenvalue weighted by Crippen LogP contribution is 2.40. The van der Waals surface area contributed by atoms with E-state index in [1.807, 2.05) is 6.07 Å². The lowest BCUT2D eigenvalue weighted by Gasteiger charge is -2.45. The van der Waals surface area contributed by atoms with Gasteiger partial charge in [0.1, 0.15) is 0 Å². The molecule has 2 aromatic rings. The average Bonchev–Trinajstić information content (AvgIpc) is 2.86. The van der Waals surface area contributed by atoms with Crippen molar-refractivity contribution in [1.82, 2.24) is 15.5 Å². The molecule has 188 valence electrons. The molecule has 0 bridgehead atoms.